The molecule has 148 valence electrons. The van der Waals surface area contributed by atoms with Gasteiger partial charge in [-0.25, -0.2) is 4.79 Å². The number of carbonyl (C=O) groups excluding carboxylic acids is 2. The molecule has 0 atom stereocenters. The first-order valence-corrected chi connectivity index (χ1v) is 9.31. The summed E-state index contributed by atoms with van der Waals surface area (Å²) in [7, 11) is 0. The van der Waals surface area contributed by atoms with Crippen LogP contribution < -0.4 is 9.64 Å². The van der Waals surface area contributed by atoms with Crippen molar-refractivity contribution in [2.75, 3.05) is 18.1 Å². The number of pyridine rings is 1. The summed E-state index contributed by atoms with van der Waals surface area (Å²) in [6, 6.07) is 19.6. The standard InChI is InChI=1S/C23H22N2O4/c1-2-28-23(27)19-10-12-20(13-11-19)25(16-18-7-6-14-24-15-18)22(26)17-29-21-8-4-3-5-9-21/h3-15H,2,16-17H2,1H3. The highest BCUT2D eigenvalue weighted by molar-refractivity contribution is 5.95. The molecular weight excluding hydrogens is 368 g/mol. The second kappa shape index (κ2) is 10.0. The molecule has 0 saturated carbocycles. The second-order valence-corrected chi connectivity index (χ2v) is 6.21. The minimum absolute atomic E-state index is 0.107. The van der Waals surface area contributed by atoms with Crippen LogP contribution in [0.3, 0.4) is 0 Å². The Bertz CT molecular complexity index is 928. The van der Waals surface area contributed by atoms with E-state index < -0.39 is 5.97 Å². The average Bonchev–Trinajstić information content (AvgIpc) is 2.77. The lowest BCUT2D eigenvalue weighted by atomic mass is 10.1. The van der Waals surface area contributed by atoms with Crippen molar-refractivity contribution in [2.45, 2.75) is 13.5 Å². The smallest absolute Gasteiger partial charge is 0.338 e. The summed E-state index contributed by atoms with van der Waals surface area (Å²) in [6.07, 6.45) is 3.40. The Hall–Kier alpha value is -3.67. The van der Waals surface area contributed by atoms with Gasteiger partial charge in [-0.1, -0.05) is 24.3 Å². The van der Waals surface area contributed by atoms with Crippen LogP contribution in [-0.2, 0) is 16.1 Å². The van der Waals surface area contributed by atoms with E-state index in [0.717, 1.165) is 5.56 Å². The molecule has 29 heavy (non-hydrogen) atoms. The number of anilines is 1. The third-order valence-corrected chi connectivity index (χ3v) is 4.16. The fourth-order valence-corrected chi connectivity index (χ4v) is 2.73. The summed E-state index contributed by atoms with van der Waals surface area (Å²) < 4.78 is 10.6. The van der Waals surface area contributed by atoms with Gasteiger partial charge < -0.3 is 14.4 Å². The lowest BCUT2D eigenvalue weighted by molar-refractivity contribution is -0.120. The number of hydrogen-bond donors (Lipinski definition) is 0. The van der Waals surface area contributed by atoms with Crippen molar-refractivity contribution in [2.24, 2.45) is 0 Å². The van der Waals surface area contributed by atoms with Crippen LogP contribution in [0.1, 0.15) is 22.8 Å². The summed E-state index contributed by atoms with van der Waals surface area (Å²) in [5, 5.41) is 0. The summed E-state index contributed by atoms with van der Waals surface area (Å²) in [4.78, 5) is 30.5. The fourth-order valence-electron chi connectivity index (χ4n) is 2.73. The minimum atomic E-state index is -0.392. The molecule has 6 nitrogen and oxygen atoms in total. The largest absolute Gasteiger partial charge is 0.484 e. The molecule has 0 aliphatic carbocycles. The van der Waals surface area contributed by atoms with Crippen LogP contribution >= 0.6 is 0 Å². The number of hydrogen-bond acceptors (Lipinski definition) is 5. The van der Waals surface area contributed by atoms with Crippen LogP contribution in [0.5, 0.6) is 5.75 Å². The first-order valence-electron chi connectivity index (χ1n) is 9.31. The van der Waals surface area contributed by atoms with Gasteiger partial charge in [0, 0.05) is 18.1 Å². The fraction of sp³-hybridized carbons (Fsp3) is 0.174. The molecule has 2 aromatic carbocycles. The van der Waals surface area contributed by atoms with Gasteiger partial charge in [0.05, 0.1) is 18.7 Å². The maximum Gasteiger partial charge on any atom is 0.338 e. The molecule has 1 amide bonds. The minimum Gasteiger partial charge on any atom is -0.484 e. The summed E-state index contributed by atoms with van der Waals surface area (Å²) >= 11 is 0. The average molecular weight is 390 g/mol. The third-order valence-electron chi connectivity index (χ3n) is 4.16. The van der Waals surface area contributed by atoms with E-state index in [0.29, 0.717) is 30.2 Å². The Kier molecular flexibility index (Phi) is 6.95. The van der Waals surface area contributed by atoms with Crippen molar-refractivity contribution in [1.29, 1.82) is 0 Å². The van der Waals surface area contributed by atoms with Gasteiger partial charge in [0.15, 0.2) is 6.61 Å². The SMILES string of the molecule is CCOC(=O)c1ccc(N(Cc2cccnc2)C(=O)COc2ccccc2)cc1. The predicted molar refractivity (Wildman–Crippen MR) is 110 cm³/mol. The Balaban J connectivity index is 1.78. The van der Waals surface area contributed by atoms with Crippen LogP contribution in [0.4, 0.5) is 5.69 Å². The highest BCUT2D eigenvalue weighted by atomic mass is 16.5. The van der Waals surface area contributed by atoms with Crippen LogP contribution in [0.25, 0.3) is 0 Å². The van der Waals surface area contributed by atoms with E-state index in [9.17, 15) is 9.59 Å². The van der Waals surface area contributed by atoms with Gasteiger partial charge in [-0.05, 0) is 55.0 Å². The lowest BCUT2D eigenvalue weighted by Crippen LogP contribution is -2.34. The van der Waals surface area contributed by atoms with E-state index >= 15 is 0 Å². The van der Waals surface area contributed by atoms with Gasteiger partial charge >= 0.3 is 5.97 Å². The van der Waals surface area contributed by atoms with E-state index in [1.54, 1.807) is 60.6 Å². The first kappa shape index (κ1) is 20.1. The molecule has 0 spiro atoms. The number of nitrogens with zero attached hydrogens (tertiary/aromatic N) is 2. The zero-order chi connectivity index (χ0) is 20.5. The van der Waals surface area contributed by atoms with Crippen molar-refractivity contribution < 1.29 is 19.1 Å². The van der Waals surface area contributed by atoms with Gasteiger partial charge in [-0.2, -0.15) is 0 Å². The van der Waals surface area contributed by atoms with Gasteiger partial charge in [-0.15, -0.1) is 0 Å². The van der Waals surface area contributed by atoms with E-state index in [-0.39, 0.29) is 12.5 Å². The molecule has 3 aromatic rings. The summed E-state index contributed by atoms with van der Waals surface area (Å²) in [6.45, 7) is 2.30. The molecule has 1 aromatic heterocycles. The summed E-state index contributed by atoms with van der Waals surface area (Å²) in [5.41, 5.74) is 1.98. The zero-order valence-corrected chi connectivity index (χ0v) is 16.2. The number of ether oxygens (including phenoxy) is 2. The van der Waals surface area contributed by atoms with E-state index in [4.69, 9.17) is 9.47 Å². The van der Waals surface area contributed by atoms with Gasteiger partial charge in [-0.3, -0.25) is 9.78 Å². The summed E-state index contributed by atoms with van der Waals surface area (Å²) in [5.74, 6) is 0.0259. The Morgan fingerprint density at radius 1 is 0.966 bits per heavy atom. The third kappa shape index (κ3) is 5.65. The number of para-hydroxylation sites is 1. The van der Waals surface area contributed by atoms with Crippen LogP contribution in [0.15, 0.2) is 79.1 Å². The Morgan fingerprint density at radius 3 is 2.38 bits per heavy atom. The molecule has 0 unspecified atom stereocenters. The van der Waals surface area contributed by atoms with Crippen molar-refractivity contribution in [3.05, 3.63) is 90.3 Å². The van der Waals surface area contributed by atoms with Crippen molar-refractivity contribution in [1.82, 2.24) is 4.98 Å². The van der Waals surface area contributed by atoms with Crippen molar-refractivity contribution in [3.8, 4) is 5.75 Å². The van der Waals surface area contributed by atoms with Crippen LogP contribution in [0.2, 0.25) is 0 Å². The molecule has 3 rings (SSSR count). The van der Waals surface area contributed by atoms with Crippen LogP contribution in [-0.4, -0.2) is 30.1 Å². The molecular formula is C23H22N2O4. The molecule has 0 radical (unpaired) electrons. The zero-order valence-electron chi connectivity index (χ0n) is 16.2. The van der Waals surface area contributed by atoms with Gasteiger partial charge in [0.1, 0.15) is 5.75 Å². The first-order chi connectivity index (χ1) is 14.2. The second-order valence-electron chi connectivity index (χ2n) is 6.21. The van der Waals surface area contributed by atoms with Crippen LogP contribution in [0, 0.1) is 0 Å². The topological polar surface area (TPSA) is 68.7 Å². The van der Waals surface area contributed by atoms with Crippen molar-refractivity contribution >= 4 is 17.6 Å². The maximum absolute atomic E-state index is 12.9. The number of amides is 1. The monoisotopic (exact) mass is 390 g/mol. The highest BCUT2D eigenvalue weighted by Crippen LogP contribution is 2.20. The van der Waals surface area contributed by atoms with Crippen molar-refractivity contribution in [3.63, 3.8) is 0 Å². The Morgan fingerprint density at radius 2 is 1.72 bits per heavy atom. The molecule has 6 heteroatoms. The lowest BCUT2D eigenvalue weighted by Gasteiger charge is -2.23. The van der Waals surface area contributed by atoms with E-state index in [2.05, 4.69) is 4.98 Å². The maximum atomic E-state index is 12.9. The molecule has 0 fully saturated rings. The molecule has 0 saturated heterocycles. The quantitative estimate of drug-likeness (QED) is 0.546. The number of carbonyl (C=O) groups is 2. The molecule has 0 aliphatic rings. The van der Waals surface area contributed by atoms with Gasteiger partial charge in [0.25, 0.3) is 5.91 Å². The number of rotatable bonds is 8. The molecule has 0 N–H and O–H groups in total. The number of benzene rings is 2. The van der Waals surface area contributed by atoms with E-state index in [1.165, 1.54) is 0 Å². The molecule has 0 aliphatic heterocycles. The normalized spacial score (nSPS) is 10.2. The Labute approximate surface area is 169 Å². The van der Waals surface area contributed by atoms with E-state index in [1.807, 2.05) is 30.3 Å². The van der Waals surface area contributed by atoms with Gasteiger partial charge in [0.2, 0.25) is 0 Å². The number of aromatic nitrogens is 1. The molecule has 1 heterocycles. The molecule has 0 bridgehead atoms. The highest BCUT2D eigenvalue weighted by Gasteiger charge is 2.18. The number of esters is 1. The predicted octanol–water partition coefficient (Wildman–Crippen LogP) is 3.87.